The van der Waals surface area contributed by atoms with E-state index in [4.69, 9.17) is 10.6 Å². The van der Waals surface area contributed by atoms with Crippen LogP contribution in [0.15, 0.2) is 5.11 Å². The molecule has 1 rings (SSSR count). The quantitative estimate of drug-likeness (QED) is 0.403. The molecule has 6 nitrogen and oxygen atoms in total. The van der Waals surface area contributed by atoms with Gasteiger partial charge in [-0.25, -0.2) is 4.79 Å². The predicted molar refractivity (Wildman–Crippen MR) is 46.4 cm³/mol. The highest BCUT2D eigenvalue weighted by atomic mass is 16.4. The zero-order valence-corrected chi connectivity index (χ0v) is 7.26. The van der Waals surface area contributed by atoms with Crippen molar-refractivity contribution in [2.75, 3.05) is 13.1 Å². The van der Waals surface area contributed by atoms with Gasteiger partial charge in [0, 0.05) is 24.0 Å². The van der Waals surface area contributed by atoms with Crippen LogP contribution in [0.5, 0.6) is 0 Å². The fourth-order valence-electron chi connectivity index (χ4n) is 1.57. The average molecular weight is 184 g/mol. The van der Waals surface area contributed by atoms with E-state index in [0.717, 1.165) is 19.3 Å². The molecule has 1 N–H and O–H groups in total. The Morgan fingerprint density at radius 1 is 1.69 bits per heavy atom. The van der Waals surface area contributed by atoms with Gasteiger partial charge in [0.1, 0.15) is 0 Å². The molecule has 0 radical (unpaired) electrons. The fourth-order valence-corrected chi connectivity index (χ4v) is 1.57. The molecule has 1 saturated heterocycles. The summed E-state index contributed by atoms with van der Waals surface area (Å²) >= 11 is 0. The maximum absolute atomic E-state index is 10.7. The summed E-state index contributed by atoms with van der Waals surface area (Å²) in [7, 11) is 0. The first-order chi connectivity index (χ1) is 6.25. The lowest BCUT2D eigenvalue weighted by atomic mass is 10.0. The first-order valence-corrected chi connectivity index (χ1v) is 4.26. The van der Waals surface area contributed by atoms with Crippen molar-refractivity contribution in [2.24, 2.45) is 5.11 Å². The third-order valence-corrected chi connectivity index (χ3v) is 2.23. The molecule has 1 aliphatic heterocycles. The average Bonchev–Trinajstić information content (AvgIpc) is 2.15. The van der Waals surface area contributed by atoms with Crippen molar-refractivity contribution in [1.29, 1.82) is 0 Å². The van der Waals surface area contributed by atoms with Crippen LogP contribution in [0.25, 0.3) is 10.4 Å². The van der Waals surface area contributed by atoms with Crippen molar-refractivity contribution in [3.8, 4) is 0 Å². The normalized spacial score (nSPS) is 22.2. The van der Waals surface area contributed by atoms with Crippen LogP contribution in [0.1, 0.15) is 19.3 Å². The second-order valence-corrected chi connectivity index (χ2v) is 3.04. The number of piperidine rings is 1. The fraction of sp³-hybridized carbons (Fsp3) is 0.857. The number of azide groups is 1. The lowest BCUT2D eigenvalue weighted by molar-refractivity contribution is 0.109. The van der Waals surface area contributed by atoms with Gasteiger partial charge >= 0.3 is 6.09 Å². The van der Waals surface area contributed by atoms with Crippen LogP contribution >= 0.6 is 0 Å². The highest BCUT2D eigenvalue weighted by Gasteiger charge is 2.25. The Bertz CT molecular complexity index is 237. The van der Waals surface area contributed by atoms with Gasteiger partial charge < -0.3 is 10.0 Å². The first kappa shape index (κ1) is 9.67. The van der Waals surface area contributed by atoms with Crippen LogP contribution < -0.4 is 0 Å². The smallest absolute Gasteiger partial charge is 0.407 e. The predicted octanol–water partition coefficient (Wildman–Crippen LogP) is 1.83. The van der Waals surface area contributed by atoms with Gasteiger partial charge in [-0.1, -0.05) is 5.11 Å². The summed E-state index contributed by atoms with van der Waals surface area (Å²) in [6.07, 6.45) is 1.79. The summed E-state index contributed by atoms with van der Waals surface area (Å²) in [4.78, 5) is 14.7. The van der Waals surface area contributed by atoms with Gasteiger partial charge in [-0.3, -0.25) is 0 Å². The van der Waals surface area contributed by atoms with Crippen molar-refractivity contribution in [3.63, 3.8) is 0 Å². The Hall–Kier alpha value is -1.42. The number of hydrogen-bond acceptors (Lipinski definition) is 2. The number of amides is 1. The topological polar surface area (TPSA) is 89.3 Å². The molecule has 0 aromatic heterocycles. The maximum atomic E-state index is 10.7. The molecule has 0 bridgehead atoms. The number of carbonyl (C=O) groups is 1. The van der Waals surface area contributed by atoms with Crippen LogP contribution in [0, 0.1) is 0 Å². The van der Waals surface area contributed by atoms with Crippen molar-refractivity contribution in [1.82, 2.24) is 4.90 Å². The third kappa shape index (κ3) is 2.52. The minimum atomic E-state index is -0.919. The van der Waals surface area contributed by atoms with Crippen molar-refractivity contribution in [2.45, 2.75) is 25.3 Å². The Morgan fingerprint density at radius 3 is 3.08 bits per heavy atom. The van der Waals surface area contributed by atoms with Crippen LogP contribution in [0.2, 0.25) is 0 Å². The van der Waals surface area contributed by atoms with Crippen molar-refractivity contribution in [3.05, 3.63) is 10.4 Å². The number of nitrogens with zero attached hydrogens (tertiary/aromatic N) is 4. The van der Waals surface area contributed by atoms with Gasteiger partial charge in [0.05, 0.1) is 0 Å². The standard InChI is InChI=1S/C7H12N4O2/c8-10-9-5-6-3-1-2-4-11(6)7(12)13/h6H,1-5H2,(H,12,13). The molecule has 1 atom stereocenters. The largest absolute Gasteiger partial charge is 0.465 e. The number of likely N-dealkylation sites (tertiary alicyclic amines) is 1. The van der Waals surface area contributed by atoms with E-state index in [0.29, 0.717) is 6.54 Å². The van der Waals surface area contributed by atoms with E-state index in [9.17, 15) is 4.79 Å². The number of hydrogen-bond donors (Lipinski definition) is 1. The van der Waals surface area contributed by atoms with Crippen LogP contribution in [0.4, 0.5) is 4.79 Å². The molecule has 6 heteroatoms. The lowest BCUT2D eigenvalue weighted by Crippen LogP contribution is -2.44. The molecular formula is C7H12N4O2. The lowest BCUT2D eigenvalue weighted by Gasteiger charge is -2.32. The summed E-state index contributed by atoms with van der Waals surface area (Å²) in [6, 6.07) is -0.123. The highest BCUT2D eigenvalue weighted by molar-refractivity contribution is 5.65. The molecule has 1 aliphatic rings. The van der Waals surface area contributed by atoms with E-state index in [1.54, 1.807) is 0 Å². The maximum Gasteiger partial charge on any atom is 0.407 e. The molecule has 1 fully saturated rings. The monoisotopic (exact) mass is 184 g/mol. The van der Waals surface area contributed by atoms with Crippen molar-refractivity contribution < 1.29 is 9.90 Å². The minimum absolute atomic E-state index is 0.123. The highest BCUT2D eigenvalue weighted by Crippen LogP contribution is 2.17. The summed E-state index contributed by atoms with van der Waals surface area (Å²) in [5, 5.41) is 12.2. The van der Waals surface area contributed by atoms with Gasteiger partial charge in [-0.15, -0.1) is 0 Å². The SMILES string of the molecule is [N-]=[N+]=NCC1CCCCN1C(=O)O. The zero-order chi connectivity index (χ0) is 9.68. The van der Waals surface area contributed by atoms with Crippen LogP contribution in [0.3, 0.4) is 0 Å². The van der Waals surface area contributed by atoms with E-state index in [2.05, 4.69) is 10.0 Å². The van der Waals surface area contributed by atoms with E-state index in [1.807, 2.05) is 0 Å². The van der Waals surface area contributed by atoms with E-state index in [-0.39, 0.29) is 12.6 Å². The Labute approximate surface area is 75.8 Å². The van der Waals surface area contributed by atoms with Gasteiger partial charge in [-0.2, -0.15) is 0 Å². The molecule has 1 amide bonds. The zero-order valence-electron chi connectivity index (χ0n) is 7.26. The molecule has 0 aliphatic carbocycles. The third-order valence-electron chi connectivity index (χ3n) is 2.23. The van der Waals surface area contributed by atoms with E-state index >= 15 is 0 Å². The van der Waals surface area contributed by atoms with E-state index in [1.165, 1.54) is 4.90 Å². The molecular weight excluding hydrogens is 172 g/mol. The second-order valence-electron chi connectivity index (χ2n) is 3.04. The molecule has 0 aromatic carbocycles. The summed E-state index contributed by atoms with van der Waals surface area (Å²) < 4.78 is 0. The minimum Gasteiger partial charge on any atom is -0.465 e. The summed E-state index contributed by atoms with van der Waals surface area (Å²) in [5.74, 6) is 0. The molecule has 0 saturated carbocycles. The summed E-state index contributed by atoms with van der Waals surface area (Å²) in [6.45, 7) is 0.809. The molecule has 0 spiro atoms. The number of rotatable bonds is 2. The number of carboxylic acid groups (broad SMARTS) is 1. The molecule has 1 heterocycles. The second kappa shape index (κ2) is 4.57. The van der Waals surface area contributed by atoms with Crippen molar-refractivity contribution >= 4 is 6.09 Å². The van der Waals surface area contributed by atoms with Gasteiger partial charge in [0.15, 0.2) is 0 Å². The molecule has 1 unspecified atom stereocenters. The molecule has 13 heavy (non-hydrogen) atoms. The summed E-state index contributed by atoms with van der Waals surface area (Å²) in [5.41, 5.74) is 8.11. The van der Waals surface area contributed by atoms with Gasteiger partial charge in [0.2, 0.25) is 0 Å². The van der Waals surface area contributed by atoms with Crippen LogP contribution in [-0.4, -0.2) is 35.2 Å². The molecule has 72 valence electrons. The Balaban J connectivity index is 2.55. The van der Waals surface area contributed by atoms with Crippen LogP contribution in [-0.2, 0) is 0 Å². The van der Waals surface area contributed by atoms with E-state index < -0.39 is 6.09 Å². The van der Waals surface area contributed by atoms with Gasteiger partial charge in [0.25, 0.3) is 0 Å². The first-order valence-electron chi connectivity index (χ1n) is 4.26. The Kier molecular flexibility index (Phi) is 3.40. The van der Waals surface area contributed by atoms with Gasteiger partial charge in [-0.05, 0) is 24.8 Å². The Morgan fingerprint density at radius 2 is 2.46 bits per heavy atom. The molecule has 0 aromatic rings.